The standard InChI is InChI=1S/C14H29N3O2S/c15-7-10-16-8-4-9-17(12-11-16)20(18,19)13-14-5-2-1-3-6-14/h14H,1-13,15H2. The molecule has 0 aromatic rings. The van der Waals surface area contributed by atoms with Gasteiger partial charge in [0.1, 0.15) is 0 Å². The van der Waals surface area contributed by atoms with Gasteiger partial charge in [0.05, 0.1) is 5.75 Å². The first-order valence-electron chi connectivity index (χ1n) is 8.02. The van der Waals surface area contributed by atoms with E-state index in [4.69, 9.17) is 5.73 Å². The van der Waals surface area contributed by atoms with Crippen molar-refractivity contribution in [1.82, 2.24) is 9.21 Å². The molecule has 1 saturated heterocycles. The number of hydrogen-bond donors (Lipinski definition) is 1. The monoisotopic (exact) mass is 303 g/mol. The number of nitrogens with two attached hydrogens (primary N) is 1. The Morgan fingerprint density at radius 1 is 0.950 bits per heavy atom. The first-order valence-corrected chi connectivity index (χ1v) is 9.63. The summed E-state index contributed by atoms with van der Waals surface area (Å²) in [5, 5.41) is 0. The van der Waals surface area contributed by atoms with E-state index in [1.807, 2.05) is 0 Å². The average Bonchev–Trinajstić information content (AvgIpc) is 2.66. The summed E-state index contributed by atoms with van der Waals surface area (Å²) in [6.07, 6.45) is 6.77. The van der Waals surface area contributed by atoms with Crippen LogP contribution < -0.4 is 5.73 Å². The van der Waals surface area contributed by atoms with Crippen molar-refractivity contribution in [1.29, 1.82) is 0 Å². The van der Waals surface area contributed by atoms with E-state index in [0.717, 1.165) is 38.9 Å². The largest absolute Gasteiger partial charge is 0.329 e. The second kappa shape index (κ2) is 7.73. The van der Waals surface area contributed by atoms with Gasteiger partial charge in [-0.25, -0.2) is 12.7 Å². The molecule has 2 aliphatic rings. The molecule has 2 fully saturated rings. The predicted molar refractivity (Wildman–Crippen MR) is 82.0 cm³/mol. The molecule has 1 aliphatic carbocycles. The Balaban J connectivity index is 1.88. The lowest BCUT2D eigenvalue weighted by atomic mass is 9.91. The highest BCUT2D eigenvalue weighted by Crippen LogP contribution is 2.26. The Morgan fingerprint density at radius 2 is 1.70 bits per heavy atom. The van der Waals surface area contributed by atoms with Crippen molar-refractivity contribution in [2.75, 3.05) is 45.0 Å². The predicted octanol–water partition coefficient (Wildman–Crippen LogP) is 0.863. The third-order valence-corrected chi connectivity index (χ3v) is 6.60. The van der Waals surface area contributed by atoms with Crippen LogP contribution in [0.15, 0.2) is 0 Å². The summed E-state index contributed by atoms with van der Waals surface area (Å²) in [4.78, 5) is 2.27. The van der Waals surface area contributed by atoms with Gasteiger partial charge in [-0.2, -0.15) is 0 Å². The molecule has 2 N–H and O–H groups in total. The fourth-order valence-corrected chi connectivity index (χ4v) is 5.30. The number of rotatable bonds is 5. The third kappa shape index (κ3) is 4.69. The van der Waals surface area contributed by atoms with E-state index in [-0.39, 0.29) is 0 Å². The Hall–Kier alpha value is -0.170. The van der Waals surface area contributed by atoms with Gasteiger partial charge in [-0.3, -0.25) is 0 Å². The van der Waals surface area contributed by atoms with Crippen LogP contribution in [0.25, 0.3) is 0 Å². The van der Waals surface area contributed by atoms with Gasteiger partial charge < -0.3 is 10.6 Å². The van der Waals surface area contributed by atoms with Crippen LogP contribution in [0.5, 0.6) is 0 Å². The van der Waals surface area contributed by atoms with Crippen LogP contribution in [0.4, 0.5) is 0 Å². The number of sulfonamides is 1. The van der Waals surface area contributed by atoms with Crippen molar-refractivity contribution in [3.8, 4) is 0 Å². The van der Waals surface area contributed by atoms with E-state index >= 15 is 0 Å². The highest BCUT2D eigenvalue weighted by molar-refractivity contribution is 7.89. The summed E-state index contributed by atoms with van der Waals surface area (Å²) >= 11 is 0. The summed E-state index contributed by atoms with van der Waals surface area (Å²) in [6.45, 7) is 4.62. The zero-order valence-electron chi connectivity index (χ0n) is 12.5. The van der Waals surface area contributed by atoms with Gasteiger partial charge in [0.25, 0.3) is 0 Å². The maximum absolute atomic E-state index is 12.6. The molecule has 0 aromatic heterocycles. The van der Waals surface area contributed by atoms with Gasteiger partial charge in [-0.15, -0.1) is 0 Å². The summed E-state index contributed by atoms with van der Waals surface area (Å²) in [7, 11) is -3.07. The SMILES string of the molecule is NCCN1CCCN(S(=O)(=O)CC2CCCCC2)CC1. The minimum Gasteiger partial charge on any atom is -0.329 e. The number of nitrogens with zero attached hydrogens (tertiary/aromatic N) is 2. The topological polar surface area (TPSA) is 66.6 Å². The Labute approximate surface area is 123 Å². The average molecular weight is 303 g/mol. The lowest BCUT2D eigenvalue weighted by Crippen LogP contribution is -2.39. The van der Waals surface area contributed by atoms with Crippen molar-refractivity contribution < 1.29 is 8.42 Å². The van der Waals surface area contributed by atoms with Crippen molar-refractivity contribution in [3.05, 3.63) is 0 Å². The van der Waals surface area contributed by atoms with Crippen molar-refractivity contribution in [3.63, 3.8) is 0 Å². The van der Waals surface area contributed by atoms with E-state index in [0.29, 0.717) is 31.3 Å². The van der Waals surface area contributed by atoms with E-state index in [1.165, 1.54) is 19.3 Å². The molecular formula is C14H29N3O2S. The summed E-state index contributed by atoms with van der Waals surface area (Å²) in [6, 6.07) is 0. The highest BCUT2D eigenvalue weighted by Gasteiger charge is 2.28. The minimum absolute atomic E-state index is 0.365. The second-order valence-electron chi connectivity index (χ2n) is 6.17. The van der Waals surface area contributed by atoms with Crippen LogP contribution >= 0.6 is 0 Å². The molecule has 5 nitrogen and oxygen atoms in total. The normalized spacial score (nSPS) is 24.6. The van der Waals surface area contributed by atoms with E-state index in [2.05, 4.69) is 4.90 Å². The molecule has 0 spiro atoms. The summed E-state index contributed by atoms with van der Waals surface area (Å²) in [5.41, 5.74) is 5.58. The lowest BCUT2D eigenvalue weighted by Gasteiger charge is -2.26. The zero-order chi connectivity index (χ0) is 14.4. The first kappa shape index (κ1) is 16.2. The molecule has 1 heterocycles. The van der Waals surface area contributed by atoms with Crippen molar-refractivity contribution >= 4 is 10.0 Å². The van der Waals surface area contributed by atoms with Crippen LogP contribution in [0.2, 0.25) is 0 Å². The molecule has 1 aliphatic heterocycles. The molecule has 118 valence electrons. The minimum atomic E-state index is -3.07. The van der Waals surface area contributed by atoms with Gasteiger partial charge in [-0.1, -0.05) is 19.3 Å². The van der Waals surface area contributed by atoms with Gasteiger partial charge in [-0.05, 0) is 31.7 Å². The lowest BCUT2D eigenvalue weighted by molar-refractivity contribution is 0.294. The molecule has 0 aromatic carbocycles. The van der Waals surface area contributed by atoms with Crippen molar-refractivity contribution in [2.45, 2.75) is 38.5 Å². The molecule has 20 heavy (non-hydrogen) atoms. The molecule has 0 atom stereocenters. The fourth-order valence-electron chi connectivity index (χ4n) is 3.39. The van der Waals surface area contributed by atoms with Crippen LogP contribution in [0, 0.1) is 5.92 Å². The molecule has 0 unspecified atom stereocenters. The van der Waals surface area contributed by atoms with Gasteiger partial charge in [0.2, 0.25) is 10.0 Å². The summed E-state index contributed by atoms with van der Waals surface area (Å²) < 4.78 is 26.8. The van der Waals surface area contributed by atoms with Gasteiger partial charge >= 0.3 is 0 Å². The molecular weight excluding hydrogens is 274 g/mol. The molecule has 6 heteroatoms. The quantitative estimate of drug-likeness (QED) is 0.818. The Bertz CT molecular complexity index is 380. The highest BCUT2D eigenvalue weighted by atomic mass is 32.2. The maximum Gasteiger partial charge on any atom is 0.214 e. The van der Waals surface area contributed by atoms with Crippen LogP contribution in [0.3, 0.4) is 0 Å². The number of hydrogen-bond acceptors (Lipinski definition) is 4. The molecule has 0 radical (unpaired) electrons. The Morgan fingerprint density at radius 3 is 2.40 bits per heavy atom. The van der Waals surface area contributed by atoms with Gasteiger partial charge in [0.15, 0.2) is 0 Å². The third-order valence-electron chi connectivity index (χ3n) is 4.56. The van der Waals surface area contributed by atoms with E-state index in [9.17, 15) is 8.42 Å². The first-order chi connectivity index (χ1) is 9.62. The fraction of sp³-hybridized carbons (Fsp3) is 1.00. The molecule has 0 bridgehead atoms. The second-order valence-corrected chi connectivity index (χ2v) is 8.18. The maximum atomic E-state index is 12.6. The molecule has 1 saturated carbocycles. The Kier molecular flexibility index (Phi) is 6.26. The van der Waals surface area contributed by atoms with Crippen LogP contribution in [-0.4, -0.2) is 62.6 Å². The summed E-state index contributed by atoms with van der Waals surface area (Å²) in [5.74, 6) is 0.751. The van der Waals surface area contributed by atoms with Crippen LogP contribution in [0.1, 0.15) is 38.5 Å². The van der Waals surface area contributed by atoms with E-state index in [1.54, 1.807) is 4.31 Å². The van der Waals surface area contributed by atoms with Gasteiger partial charge in [0, 0.05) is 32.7 Å². The van der Waals surface area contributed by atoms with Crippen LogP contribution in [-0.2, 0) is 10.0 Å². The van der Waals surface area contributed by atoms with Crippen molar-refractivity contribution in [2.24, 2.45) is 11.7 Å². The van der Waals surface area contributed by atoms with E-state index < -0.39 is 10.0 Å². The molecule has 2 rings (SSSR count). The zero-order valence-corrected chi connectivity index (χ0v) is 13.3. The molecule has 0 amide bonds. The smallest absolute Gasteiger partial charge is 0.214 e.